The highest BCUT2D eigenvalue weighted by atomic mass is 19.3. The molecule has 9 nitrogen and oxygen atoms in total. The SMILES string of the molecule is C#Cc1c(F)ccc2cccc(-c3c(F)c(OC(F)F)c4c(N5CC6CCC(C5)N6)nc(OC[C@@]56CCCN5C/C(=C\F)C6)nc4c3F)c12.O=CO. The summed E-state index contributed by atoms with van der Waals surface area (Å²) in [5.41, 5.74) is -1.56. The average molecular weight is 726 g/mol. The van der Waals surface area contributed by atoms with Crippen LogP contribution in [0, 0.1) is 29.8 Å². The summed E-state index contributed by atoms with van der Waals surface area (Å²) in [6, 6.07) is 6.82. The van der Waals surface area contributed by atoms with Crippen molar-refractivity contribution >= 4 is 34.0 Å². The predicted octanol–water partition coefficient (Wildman–Crippen LogP) is 6.56. The number of rotatable bonds is 7. The lowest BCUT2D eigenvalue weighted by Crippen LogP contribution is -2.51. The molecule has 0 saturated carbocycles. The van der Waals surface area contributed by atoms with Crippen LogP contribution in [0.4, 0.5) is 32.2 Å². The fraction of sp³-hybridized carbons (Fsp3) is 0.378. The summed E-state index contributed by atoms with van der Waals surface area (Å²) < 4.78 is 101. The van der Waals surface area contributed by atoms with Gasteiger partial charge in [0.15, 0.2) is 17.4 Å². The predicted molar refractivity (Wildman–Crippen MR) is 181 cm³/mol. The third-order valence-electron chi connectivity index (χ3n) is 10.4. The molecule has 0 amide bonds. The minimum atomic E-state index is -3.49. The topological polar surface area (TPSA) is 100 Å². The number of hydrogen-bond donors (Lipinski definition) is 2. The summed E-state index contributed by atoms with van der Waals surface area (Å²) in [6.07, 6.45) is 10.0. The fourth-order valence-corrected chi connectivity index (χ4v) is 8.29. The molecule has 3 aromatic carbocycles. The van der Waals surface area contributed by atoms with Gasteiger partial charge in [-0.25, -0.2) is 17.6 Å². The molecule has 4 fully saturated rings. The van der Waals surface area contributed by atoms with Gasteiger partial charge in [-0.1, -0.05) is 30.2 Å². The molecule has 0 spiro atoms. The summed E-state index contributed by atoms with van der Waals surface area (Å²) in [6.45, 7) is -1.69. The monoisotopic (exact) mass is 725 g/mol. The van der Waals surface area contributed by atoms with E-state index in [1.807, 2.05) is 0 Å². The number of hydrogen-bond acceptors (Lipinski definition) is 8. The van der Waals surface area contributed by atoms with E-state index in [4.69, 9.17) is 25.8 Å². The van der Waals surface area contributed by atoms with E-state index in [9.17, 15) is 17.6 Å². The zero-order chi connectivity index (χ0) is 36.7. The fourth-order valence-electron chi connectivity index (χ4n) is 8.29. The molecule has 2 bridgehead atoms. The molecule has 2 unspecified atom stereocenters. The Balaban J connectivity index is 0.00000136. The zero-order valence-corrected chi connectivity index (χ0v) is 27.7. The summed E-state index contributed by atoms with van der Waals surface area (Å²) in [5.74, 6) is -2.13. The first-order valence-corrected chi connectivity index (χ1v) is 16.7. The Morgan fingerprint density at radius 1 is 1.10 bits per heavy atom. The first-order valence-electron chi connectivity index (χ1n) is 16.7. The number of benzene rings is 3. The van der Waals surface area contributed by atoms with Gasteiger partial charge in [0, 0.05) is 37.1 Å². The number of aromatic nitrogens is 2. The average Bonchev–Trinajstić information content (AvgIpc) is 3.80. The molecule has 5 heterocycles. The van der Waals surface area contributed by atoms with Crippen LogP contribution in [0.2, 0.25) is 0 Å². The maximum Gasteiger partial charge on any atom is 0.387 e. The molecule has 52 heavy (non-hydrogen) atoms. The van der Waals surface area contributed by atoms with E-state index in [0.717, 1.165) is 38.3 Å². The molecule has 272 valence electrons. The van der Waals surface area contributed by atoms with Gasteiger partial charge >= 0.3 is 12.6 Å². The van der Waals surface area contributed by atoms with Crippen molar-refractivity contribution in [1.29, 1.82) is 0 Å². The third kappa shape index (κ3) is 6.13. The van der Waals surface area contributed by atoms with Gasteiger partial charge in [0.05, 0.1) is 28.4 Å². The molecular weight excluding hydrogens is 692 g/mol. The van der Waals surface area contributed by atoms with Gasteiger partial charge in [0.25, 0.3) is 6.47 Å². The summed E-state index contributed by atoms with van der Waals surface area (Å²) >= 11 is 0. The highest BCUT2D eigenvalue weighted by Crippen LogP contribution is 2.47. The number of piperazine rings is 1. The molecule has 4 aliphatic heterocycles. The highest BCUT2D eigenvalue weighted by molar-refractivity contribution is 6.05. The Morgan fingerprint density at radius 3 is 2.54 bits per heavy atom. The Kier molecular flexibility index (Phi) is 9.62. The minimum absolute atomic E-state index is 0.0109. The maximum atomic E-state index is 17.1. The van der Waals surface area contributed by atoms with Crippen molar-refractivity contribution in [3.05, 3.63) is 65.2 Å². The molecule has 4 aliphatic rings. The van der Waals surface area contributed by atoms with Gasteiger partial charge in [0.2, 0.25) is 0 Å². The van der Waals surface area contributed by atoms with Crippen LogP contribution in [-0.4, -0.2) is 83.5 Å². The molecule has 0 radical (unpaired) electrons. The van der Waals surface area contributed by atoms with E-state index in [2.05, 4.69) is 26.1 Å². The van der Waals surface area contributed by atoms with Crippen LogP contribution >= 0.6 is 0 Å². The van der Waals surface area contributed by atoms with Crippen LogP contribution in [-0.2, 0) is 4.79 Å². The third-order valence-corrected chi connectivity index (χ3v) is 10.4. The van der Waals surface area contributed by atoms with Crippen molar-refractivity contribution in [3.8, 4) is 35.2 Å². The van der Waals surface area contributed by atoms with E-state index in [1.54, 1.807) is 11.0 Å². The summed E-state index contributed by atoms with van der Waals surface area (Å²) in [5, 5.41) is 10.4. The van der Waals surface area contributed by atoms with E-state index < -0.39 is 46.4 Å². The lowest BCUT2D eigenvalue weighted by molar-refractivity contribution is -0.122. The Hall–Kier alpha value is -5.07. The summed E-state index contributed by atoms with van der Waals surface area (Å²) in [4.78, 5) is 21.3. The van der Waals surface area contributed by atoms with E-state index in [1.165, 1.54) is 18.2 Å². The Labute approximate surface area is 294 Å². The van der Waals surface area contributed by atoms with Gasteiger partial charge in [-0.15, -0.1) is 6.42 Å². The number of halogens is 6. The second-order valence-electron chi connectivity index (χ2n) is 13.4. The molecular formula is C37H33F6N5O4. The number of ether oxygens (including phenoxy) is 2. The molecule has 0 aliphatic carbocycles. The van der Waals surface area contributed by atoms with E-state index in [-0.39, 0.29) is 58.9 Å². The Bertz CT molecular complexity index is 2110. The number of carboxylic acid groups (broad SMARTS) is 1. The van der Waals surface area contributed by atoms with Crippen molar-refractivity contribution in [2.24, 2.45) is 0 Å². The number of nitrogens with zero attached hydrogens (tertiary/aromatic N) is 4. The number of nitrogens with one attached hydrogen (secondary N) is 1. The normalized spacial score (nSPS) is 23.2. The second-order valence-corrected chi connectivity index (χ2v) is 13.4. The van der Waals surface area contributed by atoms with Gasteiger partial charge in [-0.05, 0) is 61.2 Å². The van der Waals surface area contributed by atoms with Crippen LogP contribution in [0.25, 0.3) is 32.8 Å². The highest BCUT2D eigenvalue weighted by Gasteiger charge is 2.47. The van der Waals surface area contributed by atoms with Crippen molar-refractivity contribution in [3.63, 3.8) is 0 Å². The molecule has 2 N–H and O–H groups in total. The molecule has 1 aromatic heterocycles. The Morgan fingerprint density at radius 2 is 1.85 bits per heavy atom. The number of terminal acetylenes is 1. The van der Waals surface area contributed by atoms with E-state index >= 15 is 8.78 Å². The minimum Gasteiger partial charge on any atom is -0.483 e. The molecule has 8 rings (SSSR count). The summed E-state index contributed by atoms with van der Waals surface area (Å²) in [7, 11) is 0. The number of anilines is 1. The van der Waals surface area contributed by atoms with E-state index in [0.29, 0.717) is 43.3 Å². The van der Waals surface area contributed by atoms with Crippen LogP contribution in [0.1, 0.15) is 37.7 Å². The second kappa shape index (κ2) is 14.2. The maximum absolute atomic E-state index is 17.1. The molecule has 15 heteroatoms. The smallest absolute Gasteiger partial charge is 0.387 e. The van der Waals surface area contributed by atoms with Crippen molar-refractivity contribution in [1.82, 2.24) is 20.2 Å². The molecule has 4 saturated heterocycles. The van der Waals surface area contributed by atoms with Crippen molar-refractivity contribution in [2.75, 3.05) is 37.7 Å². The van der Waals surface area contributed by atoms with Gasteiger partial charge in [0.1, 0.15) is 23.8 Å². The van der Waals surface area contributed by atoms with Crippen LogP contribution in [0.5, 0.6) is 11.8 Å². The van der Waals surface area contributed by atoms with Crippen LogP contribution in [0.3, 0.4) is 0 Å². The molecule has 3 atom stereocenters. The lowest BCUT2D eigenvalue weighted by Gasteiger charge is -2.35. The number of fused-ring (bicyclic) bond motifs is 5. The van der Waals surface area contributed by atoms with Gasteiger partial charge < -0.3 is 24.8 Å². The van der Waals surface area contributed by atoms with Gasteiger partial charge in [-0.3, -0.25) is 9.69 Å². The standard InChI is InChI=1S/C36H31F6N5O2.CH2O2/c1-2-23-25(38)10-7-20-5-3-6-24(26(20)23)27-29(39)31-28(32(30(27)40)49-34(41)42)33(46-16-21-8-9-22(17-46)43-21)45-35(44-31)48-18-36-11-4-12-47(36)15-19(13-36)14-37;2-1-3/h1,3,5-7,10,14,21-22,34,43H,4,8-9,11-13,15-18H2;1H,(H,2,3)/b19-14-;/t21?,22?,36-;/m0./s1. The molecule has 4 aromatic rings. The zero-order valence-electron chi connectivity index (χ0n) is 27.7. The van der Waals surface area contributed by atoms with Gasteiger partial charge in [-0.2, -0.15) is 18.7 Å². The number of carbonyl (C=O) groups is 1. The first-order chi connectivity index (χ1) is 25.1. The van der Waals surface area contributed by atoms with Crippen LogP contribution < -0.4 is 19.7 Å². The largest absolute Gasteiger partial charge is 0.483 e. The quantitative estimate of drug-likeness (QED) is 0.125. The van der Waals surface area contributed by atoms with Crippen molar-refractivity contribution in [2.45, 2.75) is 56.3 Å². The van der Waals surface area contributed by atoms with Crippen LogP contribution in [0.15, 0.2) is 42.2 Å². The van der Waals surface area contributed by atoms with Crippen molar-refractivity contribution < 1.29 is 45.7 Å². The first kappa shape index (κ1) is 35.3. The lowest BCUT2D eigenvalue weighted by atomic mass is 9.92. The number of alkyl halides is 2.